The molecule has 0 aromatic carbocycles. The van der Waals surface area contributed by atoms with Crippen LogP contribution in [0.1, 0.15) is 155 Å². The summed E-state index contributed by atoms with van der Waals surface area (Å²) in [5.41, 5.74) is 0. The van der Waals surface area contributed by atoms with Gasteiger partial charge in [0.1, 0.15) is 0 Å². The van der Waals surface area contributed by atoms with Crippen molar-refractivity contribution in [1.29, 1.82) is 0 Å². The molecule has 0 aliphatic heterocycles. The Labute approximate surface area is 196 Å². The zero-order valence-electron chi connectivity index (χ0n) is 21.3. The van der Waals surface area contributed by atoms with Crippen LogP contribution in [0.3, 0.4) is 0 Å². The van der Waals surface area contributed by atoms with Crippen LogP contribution in [0.2, 0.25) is 0 Å². The van der Waals surface area contributed by atoms with Crippen LogP contribution in [-0.4, -0.2) is 0 Å². The van der Waals surface area contributed by atoms with E-state index in [0.29, 0.717) is 0 Å². The molecule has 0 aromatic rings. The van der Waals surface area contributed by atoms with Crippen molar-refractivity contribution in [3.05, 3.63) is 0 Å². The van der Waals surface area contributed by atoms with Gasteiger partial charge in [-0.15, -0.1) is 0 Å². The topological polar surface area (TPSA) is 0 Å². The molecule has 6 unspecified atom stereocenters. The Balaban J connectivity index is 0.000000217. The first-order valence-electron chi connectivity index (χ1n) is 15.4. The van der Waals surface area contributed by atoms with E-state index in [-0.39, 0.29) is 0 Å². The summed E-state index contributed by atoms with van der Waals surface area (Å²) < 4.78 is 0. The quantitative estimate of drug-likeness (QED) is 0.417. The monoisotopic (exact) mass is 428 g/mol. The molecule has 0 nitrogen and oxygen atoms in total. The predicted molar refractivity (Wildman–Crippen MR) is 136 cm³/mol. The molecule has 0 N–H and O–H groups in total. The summed E-state index contributed by atoms with van der Waals surface area (Å²) in [5, 5.41) is 0. The second kappa shape index (κ2) is 13.0. The first-order valence-corrected chi connectivity index (χ1v) is 15.4. The van der Waals surface area contributed by atoms with Crippen molar-refractivity contribution in [2.45, 2.75) is 155 Å². The summed E-state index contributed by atoms with van der Waals surface area (Å²) >= 11 is 0. The zero-order chi connectivity index (χ0) is 21.3. The fraction of sp³-hybridized carbons (Fsp3) is 1.00. The predicted octanol–water partition coefficient (Wildman–Crippen LogP) is 10.3. The molecule has 5 aliphatic carbocycles. The maximum absolute atomic E-state index is 2.40. The lowest BCUT2D eigenvalue weighted by molar-refractivity contribution is 0.178. The van der Waals surface area contributed by atoms with Crippen molar-refractivity contribution in [3.63, 3.8) is 0 Å². The lowest BCUT2D eigenvalue weighted by atomic mass is 9.73. The molecule has 0 spiro atoms. The van der Waals surface area contributed by atoms with Crippen molar-refractivity contribution in [2.24, 2.45) is 41.4 Å². The van der Waals surface area contributed by atoms with E-state index >= 15 is 0 Å². The fourth-order valence-electron chi connectivity index (χ4n) is 9.18. The van der Waals surface area contributed by atoms with Gasteiger partial charge < -0.3 is 0 Å². The van der Waals surface area contributed by atoms with Gasteiger partial charge in [0, 0.05) is 0 Å². The van der Waals surface area contributed by atoms with Gasteiger partial charge in [-0.05, 0) is 73.5 Å². The number of hydrogen-bond donors (Lipinski definition) is 0. The molecular formula is C31H56. The minimum Gasteiger partial charge on any atom is -0.0654 e. The molecule has 0 amide bonds. The van der Waals surface area contributed by atoms with E-state index in [1.54, 1.807) is 70.6 Å². The smallest absolute Gasteiger partial charge is 0.0352 e. The Kier molecular flexibility index (Phi) is 10.1. The van der Waals surface area contributed by atoms with Gasteiger partial charge in [-0.2, -0.15) is 0 Å². The molecule has 31 heavy (non-hydrogen) atoms. The van der Waals surface area contributed by atoms with E-state index in [1.807, 2.05) is 0 Å². The molecule has 5 aliphatic rings. The van der Waals surface area contributed by atoms with Gasteiger partial charge in [-0.3, -0.25) is 0 Å². The van der Waals surface area contributed by atoms with E-state index in [9.17, 15) is 0 Å². The lowest BCUT2D eigenvalue weighted by Gasteiger charge is -2.32. The van der Waals surface area contributed by atoms with Crippen LogP contribution >= 0.6 is 0 Å². The van der Waals surface area contributed by atoms with Crippen LogP contribution in [0.15, 0.2) is 0 Å². The molecular weight excluding hydrogens is 372 g/mol. The largest absolute Gasteiger partial charge is 0.0654 e. The van der Waals surface area contributed by atoms with Crippen LogP contribution in [0.25, 0.3) is 0 Å². The van der Waals surface area contributed by atoms with Gasteiger partial charge in [-0.25, -0.2) is 0 Å². The van der Waals surface area contributed by atoms with Gasteiger partial charge in [0.25, 0.3) is 0 Å². The lowest BCUT2D eigenvalue weighted by Crippen LogP contribution is -2.23. The standard InChI is InChI=1S/C22H38.C9H18/c1-2-7-16-10-6-11-20(16)19-14-18-12-13-21(22(18)15-19)17-8-4-3-5-9-17;1-2-4-6-8-9-7-5-3-1/h16-22H,2-15H2,1H3;1-9H2. The molecule has 5 saturated carbocycles. The Bertz CT molecular complexity index is 446. The van der Waals surface area contributed by atoms with Crippen molar-refractivity contribution in [1.82, 2.24) is 0 Å². The Morgan fingerprint density at radius 3 is 1.65 bits per heavy atom. The molecule has 0 aromatic heterocycles. The van der Waals surface area contributed by atoms with Crippen LogP contribution in [-0.2, 0) is 0 Å². The van der Waals surface area contributed by atoms with Gasteiger partial charge in [-0.1, -0.05) is 122 Å². The first kappa shape index (κ1) is 24.1. The Morgan fingerprint density at radius 2 is 1.03 bits per heavy atom. The molecule has 6 atom stereocenters. The van der Waals surface area contributed by atoms with Gasteiger partial charge in [0.05, 0.1) is 0 Å². The third-order valence-electron chi connectivity index (χ3n) is 10.7. The molecule has 0 saturated heterocycles. The highest BCUT2D eigenvalue weighted by molar-refractivity contribution is 4.98. The Hall–Kier alpha value is 0. The maximum atomic E-state index is 2.40. The summed E-state index contributed by atoms with van der Waals surface area (Å²) in [6.07, 6.45) is 35.4. The second-order valence-electron chi connectivity index (χ2n) is 12.6. The summed E-state index contributed by atoms with van der Waals surface area (Å²) in [6.45, 7) is 2.40. The minimum absolute atomic E-state index is 1.11. The van der Waals surface area contributed by atoms with E-state index in [1.165, 1.54) is 77.0 Å². The summed E-state index contributed by atoms with van der Waals surface area (Å²) in [6, 6.07) is 0. The van der Waals surface area contributed by atoms with Gasteiger partial charge in [0.15, 0.2) is 0 Å². The van der Waals surface area contributed by atoms with Gasteiger partial charge in [0.2, 0.25) is 0 Å². The van der Waals surface area contributed by atoms with E-state index in [4.69, 9.17) is 0 Å². The SMILES string of the molecule is C1CCCCCCCC1.CCCC1CCCC1C1CC2CCC(C3CCCCC3)C2C1. The van der Waals surface area contributed by atoms with Crippen LogP contribution in [0.5, 0.6) is 0 Å². The molecule has 0 bridgehead atoms. The van der Waals surface area contributed by atoms with Gasteiger partial charge >= 0.3 is 0 Å². The Morgan fingerprint density at radius 1 is 0.419 bits per heavy atom. The van der Waals surface area contributed by atoms with E-state index < -0.39 is 0 Å². The summed E-state index contributed by atoms with van der Waals surface area (Å²) in [5.74, 6) is 7.99. The number of hydrogen-bond acceptors (Lipinski definition) is 0. The maximum Gasteiger partial charge on any atom is -0.0352 e. The van der Waals surface area contributed by atoms with Crippen LogP contribution < -0.4 is 0 Å². The highest BCUT2D eigenvalue weighted by Gasteiger charge is 2.48. The molecule has 180 valence electrons. The third-order valence-corrected chi connectivity index (χ3v) is 10.7. The molecule has 5 rings (SSSR count). The first-order chi connectivity index (χ1) is 15.4. The van der Waals surface area contributed by atoms with Crippen molar-refractivity contribution in [2.75, 3.05) is 0 Å². The number of rotatable bonds is 4. The van der Waals surface area contributed by atoms with E-state index in [0.717, 1.165) is 41.4 Å². The van der Waals surface area contributed by atoms with Crippen molar-refractivity contribution >= 4 is 0 Å². The van der Waals surface area contributed by atoms with Crippen LogP contribution in [0, 0.1) is 41.4 Å². The second-order valence-corrected chi connectivity index (χ2v) is 12.6. The highest BCUT2D eigenvalue weighted by atomic mass is 14.5. The van der Waals surface area contributed by atoms with Crippen molar-refractivity contribution in [3.8, 4) is 0 Å². The van der Waals surface area contributed by atoms with E-state index in [2.05, 4.69) is 6.92 Å². The van der Waals surface area contributed by atoms with Crippen molar-refractivity contribution < 1.29 is 0 Å². The molecule has 0 heterocycles. The number of fused-ring (bicyclic) bond motifs is 1. The van der Waals surface area contributed by atoms with Crippen LogP contribution in [0.4, 0.5) is 0 Å². The zero-order valence-corrected chi connectivity index (χ0v) is 21.3. The third kappa shape index (κ3) is 6.76. The summed E-state index contributed by atoms with van der Waals surface area (Å²) in [7, 11) is 0. The minimum atomic E-state index is 1.11. The normalized spacial score (nSPS) is 39.8. The molecule has 5 fully saturated rings. The summed E-state index contributed by atoms with van der Waals surface area (Å²) in [4.78, 5) is 0. The molecule has 0 radical (unpaired) electrons. The highest BCUT2D eigenvalue weighted by Crippen LogP contribution is 2.58. The fourth-order valence-corrected chi connectivity index (χ4v) is 9.18. The average molecular weight is 429 g/mol. The average Bonchev–Trinajstić information content (AvgIpc) is 3.52. The molecule has 0 heteroatoms.